The van der Waals surface area contributed by atoms with Crippen molar-refractivity contribution < 1.29 is 13.3 Å². The highest BCUT2D eigenvalue weighted by atomic mass is 16.4. The van der Waals surface area contributed by atoms with Crippen molar-refractivity contribution >= 4 is 0 Å². The van der Waals surface area contributed by atoms with E-state index < -0.39 is 0 Å². The Kier molecular flexibility index (Phi) is 5.06. The second-order valence-electron chi connectivity index (χ2n) is 5.92. The molecule has 3 heteroatoms. The molecule has 0 atom stereocenters. The van der Waals surface area contributed by atoms with E-state index in [4.69, 9.17) is 13.3 Å². The average molecular weight is 312 g/mol. The van der Waals surface area contributed by atoms with Gasteiger partial charge < -0.3 is 13.3 Å². The maximum atomic E-state index is 6.28. The van der Waals surface area contributed by atoms with Crippen LogP contribution in [0.25, 0.3) is 0 Å². The molecule has 0 saturated heterocycles. The summed E-state index contributed by atoms with van der Waals surface area (Å²) in [5.41, 5.74) is 2.74. The summed E-state index contributed by atoms with van der Waals surface area (Å²) in [4.78, 5) is 0. The molecule has 3 rings (SSSR count). The largest absolute Gasteiger partial charge is 0.469 e. The van der Waals surface area contributed by atoms with E-state index in [1.165, 1.54) is 11.1 Å². The van der Waals surface area contributed by atoms with Crippen molar-refractivity contribution in [2.24, 2.45) is 0 Å². The van der Waals surface area contributed by atoms with E-state index in [2.05, 4.69) is 13.8 Å². The van der Waals surface area contributed by atoms with Crippen LogP contribution in [0.4, 0.5) is 0 Å². The summed E-state index contributed by atoms with van der Waals surface area (Å²) in [7, 11) is 0. The zero-order valence-corrected chi connectivity index (χ0v) is 13.9. The first-order valence-electron chi connectivity index (χ1n) is 8.48. The lowest BCUT2D eigenvalue weighted by molar-refractivity contribution is 0.435. The van der Waals surface area contributed by atoms with Crippen LogP contribution >= 0.6 is 0 Å². The summed E-state index contributed by atoms with van der Waals surface area (Å²) in [6.07, 6.45) is 9.20. The maximum absolute atomic E-state index is 6.28. The van der Waals surface area contributed by atoms with E-state index in [1.807, 2.05) is 24.3 Å². The second-order valence-corrected chi connectivity index (χ2v) is 5.92. The summed E-state index contributed by atoms with van der Waals surface area (Å²) in [5.74, 6) is 3.99. The van der Waals surface area contributed by atoms with Crippen molar-refractivity contribution in [3.05, 3.63) is 71.0 Å². The lowest BCUT2D eigenvalue weighted by Gasteiger charge is -2.04. The molecule has 0 saturated carbocycles. The SMILES string of the molecule is CCCc1c(Cc2ccco2)oc(Cc2ccco2)c1CCC. The van der Waals surface area contributed by atoms with Crippen molar-refractivity contribution in [1.82, 2.24) is 0 Å². The van der Waals surface area contributed by atoms with Crippen LogP contribution < -0.4 is 0 Å². The molecular formula is C20H24O3. The van der Waals surface area contributed by atoms with Gasteiger partial charge in [0.05, 0.1) is 25.4 Å². The molecule has 0 amide bonds. The van der Waals surface area contributed by atoms with Gasteiger partial charge in [0, 0.05) is 0 Å². The van der Waals surface area contributed by atoms with Gasteiger partial charge in [0.15, 0.2) is 0 Å². The monoisotopic (exact) mass is 312 g/mol. The first kappa shape index (κ1) is 15.7. The van der Waals surface area contributed by atoms with Gasteiger partial charge in [-0.25, -0.2) is 0 Å². The summed E-state index contributed by atoms with van der Waals surface area (Å²) >= 11 is 0. The molecule has 3 heterocycles. The van der Waals surface area contributed by atoms with E-state index >= 15 is 0 Å². The van der Waals surface area contributed by atoms with Crippen LogP contribution in [0.1, 0.15) is 60.9 Å². The van der Waals surface area contributed by atoms with Crippen molar-refractivity contribution in [1.29, 1.82) is 0 Å². The maximum Gasteiger partial charge on any atom is 0.115 e. The van der Waals surface area contributed by atoms with Crippen molar-refractivity contribution in [2.75, 3.05) is 0 Å². The van der Waals surface area contributed by atoms with Crippen molar-refractivity contribution in [3.63, 3.8) is 0 Å². The molecule has 0 spiro atoms. The van der Waals surface area contributed by atoms with Crippen LogP contribution in [0.15, 0.2) is 50.0 Å². The van der Waals surface area contributed by atoms with Crippen LogP contribution in [0.2, 0.25) is 0 Å². The van der Waals surface area contributed by atoms with E-state index in [1.54, 1.807) is 12.5 Å². The molecule has 0 radical (unpaired) electrons. The smallest absolute Gasteiger partial charge is 0.115 e. The summed E-state index contributed by atoms with van der Waals surface area (Å²) in [5, 5.41) is 0. The first-order chi connectivity index (χ1) is 11.3. The highest BCUT2D eigenvalue weighted by Gasteiger charge is 2.20. The van der Waals surface area contributed by atoms with Gasteiger partial charge in [-0.3, -0.25) is 0 Å². The molecule has 3 nitrogen and oxygen atoms in total. The molecule has 0 aliphatic rings. The zero-order chi connectivity index (χ0) is 16.1. The highest BCUT2D eigenvalue weighted by Crippen LogP contribution is 2.29. The summed E-state index contributed by atoms with van der Waals surface area (Å²) < 4.78 is 17.3. The Morgan fingerprint density at radius 1 is 0.739 bits per heavy atom. The Labute approximate surface area is 137 Å². The standard InChI is InChI=1S/C20H24O3/c1-3-7-17-18(8-4-2)20(14-16-10-6-12-22-16)23-19(17)13-15-9-5-11-21-15/h5-6,9-12H,3-4,7-8,13-14H2,1-2H3. The van der Waals surface area contributed by atoms with Crippen LogP contribution in [-0.4, -0.2) is 0 Å². The third-order valence-corrected chi connectivity index (χ3v) is 4.11. The first-order valence-corrected chi connectivity index (χ1v) is 8.48. The third kappa shape index (κ3) is 3.61. The lowest BCUT2D eigenvalue weighted by atomic mass is 9.97. The summed E-state index contributed by atoms with van der Waals surface area (Å²) in [6, 6.07) is 7.86. The fourth-order valence-electron chi connectivity index (χ4n) is 3.12. The molecule has 122 valence electrons. The normalized spacial score (nSPS) is 11.2. The van der Waals surface area contributed by atoms with Crippen LogP contribution in [0.5, 0.6) is 0 Å². The minimum atomic E-state index is 0.719. The number of hydrogen-bond donors (Lipinski definition) is 0. The van der Waals surface area contributed by atoms with Gasteiger partial charge in [0.2, 0.25) is 0 Å². The molecule has 0 bridgehead atoms. The van der Waals surface area contributed by atoms with Gasteiger partial charge in [-0.05, 0) is 48.2 Å². The van der Waals surface area contributed by atoms with E-state index in [-0.39, 0.29) is 0 Å². The molecule has 3 aromatic rings. The average Bonchev–Trinajstić information content (AvgIpc) is 3.27. The Morgan fingerprint density at radius 2 is 1.22 bits per heavy atom. The zero-order valence-electron chi connectivity index (χ0n) is 13.9. The van der Waals surface area contributed by atoms with Crippen molar-refractivity contribution in [3.8, 4) is 0 Å². The van der Waals surface area contributed by atoms with Gasteiger partial charge in [-0.15, -0.1) is 0 Å². The minimum Gasteiger partial charge on any atom is -0.469 e. The van der Waals surface area contributed by atoms with Gasteiger partial charge in [0.25, 0.3) is 0 Å². The van der Waals surface area contributed by atoms with E-state index in [0.29, 0.717) is 0 Å². The number of furan rings is 3. The molecule has 0 unspecified atom stereocenters. The van der Waals surface area contributed by atoms with E-state index in [0.717, 1.165) is 61.6 Å². The van der Waals surface area contributed by atoms with Gasteiger partial charge in [0.1, 0.15) is 23.0 Å². The fraction of sp³-hybridized carbons (Fsp3) is 0.400. The van der Waals surface area contributed by atoms with Crippen LogP contribution in [0.3, 0.4) is 0 Å². The molecule has 0 N–H and O–H groups in total. The fourth-order valence-corrected chi connectivity index (χ4v) is 3.12. The van der Waals surface area contributed by atoms with Crippen molar-refractivity contribution in [2.45, 2.75) is 52.4 Å². The Balaban J connectivity index is 1.96. The lowest BCUT2D eigenvalue weighted by Crippen LogP contribution is -1.97. The summed E-state index contributed by atoms with van der Waals surface area (Å²) in [6.45, 7) is 4.43. The molecule has 3 aromatic heterocycles. The Bertz CT molecular complexity index is 642. The number of rotatable bonds is 8. The highest BCUT2D eigenvalue weighted by molar-refractivity contribution is 5.37. The Morgan fingerprint density at radius 3 is 1.57 bits per heavy atom. The molecule has 23 heavy (non-hydrogen) atoms. The topological polar surface area (TPSA) is 39.4 Å². The molecule has 0 aliphatic heterocycles. The van der Waals surface area contributed by atoms with Crippen LogP contribution in [0, 0.1) is 0 Å². The van der Waals surface area contributed by atoms with Gasteiger partial charge >= 0.3 is 0 Å². The minimum absolute atomic E-state index is 0.719. The predicted octanol–water partition coefficient (Wildman–Crippen LogP) is 5.55. The third-order valence-electron chi connectivity index (χ3n) is 4.11. The van der Waals surface area contributed by atoms with Crippen LogP contribution in [-0.2, 0) is 25.7 Å². The van der Waals surface area contributed by atoms with Gasteiger partial charge in [-0.2, -0.15) is 0 Å². The molecule has 0 fully saturated rings. The second kappa shape index (κ2) is 7.40. The van der Waals surface area contributed by atoms with Gasteiger partial charge in [-0.1, -0.05) is 26.7 Å². The molecule has 0 aromatic carbocycles. The molecular weight excluding hydrogens is 288 g/mol. The number of hydrogen-bond acceptors (Lipinski definition) is 3. The Hall–Kier alpha value is -2.16. The quantitative estimate of drug-likeness (QED) is 0.547. The molecule has 0 aliphatic carbocycles. The predicted molar refractivity (Wildman–Crippen MR) is 89.7 cm³/mol. The van der Waals surface area contributed by atoms with E-state index in [9.17, 15) is 0 Å².